The van der Waals surface area contributed by atoms with E-state index in [1.54, 1.807) is 18.0 Å². The van der Waals surface area contributed by atoms with Gasteiger partial charge in [0, 0.05) is 36.8 Å². The maximum absolute atomic E-state index is 13.1. The van der Waals surface area contributed by atoms with Gasteiger partial charge in [0.15, 0.2) is 0 Å². The highest BCUT2D eigenvalue weighted by molar-refractivity contribution is 5.99. The van der Waals surface area contributed by atoms with E-state index in [2.05, 4.69) is 10.4 Å². The molecule has 1 fully saturated rings. The second kappa shape index (κ2) is 6.74. The summed E-state index contributed by atoms with van der Waals surface area (Å²) < 4.78 is 8.90. The number of nitrogens with zero attached hydrogens (tertiary/aromatic N) is 3. The second-order valence-electron chi connectivity index (χ2n) is 7.30. The molecule has 142 valence electrons. The van der Waals surface area contributed by atoms with Crippen molar-refractivity contribution in [3.8, 4) is 5.75 Å². The van der Waals surface area contributed by atoms with Crippen molar-refractivity contribution < 1.29 is 14.6 Å². The second-order valence-corrected chi connectivity index (χ2v) is 7.30. The molecular formula is C20H24N4O3. The van der Waals surface area contributed by atoms with Gasteiger partial charge in [-0.05, 0) is 43.0 Å². The number of amides is 1. The lowest BCUT2D eigenvalue weighted by Crippen LogP contribution is -2.41. The number of aliphatic hydroxyl groups excluding tert-OH is 1. The minimum absolute atomic E-state index is 0.136. The normalized spacial score (nSPS) is 20.3. The standard InChI is InChI=1S/C20H24N4O3/c1-23-11-14(10-21-23)19(13-6-15(25)7-13)22-20(26)18-9-12-8-16(27-3)4-5-17(12)24(18)2/h4-5,8-11,13,15,19,25H,6-7H2,1-3H3,(H,22,26)/t13?,15?,19-/m0/s1. The lowest BCUT2D eigenvalue weighted by molar-refractivity contribution is 0.0234. The molecule has 0 saturated heterocycles. The first kappa shape index (κ1) is 17.6. The average Bonchev–Trinajstić information content (AvgIpc) is 3.20. The molecule has 0 radical (unpaired) electrons. The molecule has 2 N–H and O–H groups in total. The summed E-state index contributed by atoms with van der Waals surface area (Å²) in [5.74, 6) is 0.836. The molecule has 7 heteroatoms. The van der Waals surface area contributed by atoms with Crippen LogP contribution in [0.15, 0.2) is 36.7 Å². The number of aromatic nitrogens is 3. The fourth-order valence-corrected chi connectivity index (χ4v) is 3.86. The maximum Gasteiger partial charge on any atom is 0.268 e. The molecule has 1 saturated carbocycles. The largest absolute Gasteiger partial charge is 0.497 e. The van der Waals surface area contributed by atoms with Crippen LogP contribution in [0.2, 0.25) is 0 Å². The summed E-state index contributed by atoms with van der Waals surface area (Å²) in [5, 5.41) is 18.1. The highest BCUT2D eigenvalue weighted by atomic mass is 16.5. The van der Waals surface area contributed by atoms with Gasteiger partial charge in [0.25, 0.3) is 5.91 Å². The Morgan fingerprint density at radius 1 is 1.33 bits per heavy atom. The number of methoxy groups -OCH3 is 1. The summed E-state index contributed by atoms with van der Waals surface area (Å²) in [7, 11) is 5.37. The predicted octanol–water partition coefficient (Wildman–Crippen LogP) is 2.16. The van der Waals surface area contributed by atoms with Crippen LogP contribution in [0, 0.1) is 5.92 Å². The number of fused-ring (bicyclic) bond motifs is 1. The zero-order valence-corrected chi connectivity index (χ0v) is 15.7. The van der Waals surface area contributed by atoms with Crippen LogP contribution < -0.4 is 10.1 Å². The molecule has 3 aromatic rings. The minimum Gasteiger partial charge on any atom is -0.497 e. The van der Waals surface area contributed by atoms with E-state index in [1.807, 2.05) is 49.1 Å². The van der Waals surface area contributed by atoms with E-state index < -0.39 is 0 Å². The molecule has 1 aromatic carbocycles. The molecule has 1 aliphatic carbocycles. The van der Waals surface area contributed by atoms with Crippen LogP contribution in [0.3, 0.4) is 0 Å². The zero-order chi connectivity index (χ0) is 19.1. The molecule has 0 aliphatic heterocycles. The summed E-state index contributed by atoms with van der Waals surface area (Å²) in [6.07, 6.45) is 4.79. The molecule has 0 spiro atoms. The van der Waals surface area contributed by atoms with E-state index in [0.717, 1.165) is 22.2 Å². The molecule has 1 atom stereocenters. The number of hydrogen-bond donors (Lipinski definition) is 2. The molecule has 7 nitrogen and oxygen atoms in total. The van der Waals surface area contributed by atoms with E-state index in [9.17, 15) is 9.90 Å². The summed E-state index contributed by atoms with van der Waals surface area (Å²) in [5.41, 5.74) is 2.52. The number of carbonyl (C=O) groups excluding carboxylic acids is 1. The van der Waals surface area contributed by atoms with Crippen LogP contribution in [0.1, 0.15) is 34.9 Å². The molecule has 1 amide bonds. The number of rotatable bonds is 5. The SMILES string of the molecule is COc1ccc2c(c1)cc(C(=O)N[C@H](c1cnn(C)c1)C1CC(O)C1)n2C. The first-order valence-corrected chi connectivity index (χ1v) is 9.07. The Morgan fingerprint density at radius 2 is 2.11 bits per heavy atom. The van der Waals surface area contributed by atoms with Crippen molar-refractivity contribution in [1.82, 2.24) is 19.7 Å². The lowest BCUT2D eigenvalue weighted by atomic mass is 9.75. The van der Waals surface area contributed by atoms with Gasteiger partial charge < -0.3 is 19.7 Å². The van der Waals surface area contributed by atoms with Gasteiger partial charge in [-0.1, -0.05) is 0 Å². The molecule has 4 rings (SSSR count). The Hall–Kier alpha value is -2.80. The minimum atomic E-state index is -0.281. The number of carbonyl (C=O) groups is 1. The lowest BCUT2D eigenvalue weighted by Gasteiger charge is -2.37. The number of hydrogen-bond acceptors (Lipinski definition) is 4. The topological polar surface area (TPSA) is 81.3 Å². The van der Waals surface area contributed by atoms with Gasteiger partial charge in [-0.3, -0.25) is 9.48 Å². The van der Waals surface area contributed by atoms with Gasteiger partial charge in [-0.15, -0.1) is 0 Å². The van der Waals surface area contributed by atoms with E-state index in [1.165, 1.54) is 0 Å². The Balaban J connectivity index is 1.62. The molecule has 0 bridgehead atoms. The van der Waals surface area contributed by atoms with Crippen molar-refractivity contribution in [2.45, 2.75) is 25.0 Å². The first-order valence-electron chi connectivity index (χ1n) is 9.07. The Labute approximate surface area is 157 Å². The fraction of sp³-hybridized carbons (Fsp3) is 0.400. The average molecular weight is 368 g/mol. The van der Waals surface area contributed by atoms with Crippen LogP contribution in [-0.4, -0.2) is 38.6 Å². The van der Waals surface area contributed by atoms with Gasteiger partial charge in [0.05, 0.1) is 25.5 Å². The smallest absolute Gasteiger partial charge is 0.268 e. The van der Waals surface area contributed by atoms with Gasteiger partial charge in [-0.2, -0.15) is 5.10 Å². The van der Waals surface area contributed by atoms with E-state index >= 15 is 0 Å². The summed E-state index contributed by atoms with van der Waals surface area (Å²) >= 11 is 0. The van der Waals surface area contributed by atoms with Crippen molar-refractivity contribution >= 4 is 16.8 Å². The fourth-order valence-electron chi connectivity index (χ4n) is 3.86. The zero-order valence-electron chi connectivity index (χ0n) is 15.7. The van der Waals surface area contributed by atoms with Crippen molar-refractivity contribution in [3.63, 3.8) is 0 Å². The van der Waals surface area contributed by atoms with Crippen LogP contribution in [0.5, 0.6) is 5.75 Å². The van der Waals surface area contributed by atoms with Crippen molar-refractivity contribution in [2.24, 2.45) is 20.0 Å². The third-order valence-electron chi connectivity index (χ3n) is 5.47. The summed E-state index contributed by atoms with van der Waals surface area (Å²) in [6, 6.07) is 7.47. The molecule has 2 heterocycles. The van der Waals surface area contributed by atoms with Gasteiger partial charge in [-0.25, -0.2) is 0 Å². The molecule has 0 unspecified atom stereocenters. The molecule has 27 heavy (non-hydrogen) atoms. The van der Waals surface area contributed by atoms with E-state index in [0.29, 0.717) is 18.5 Å². The van der Waals surface area contributed by atoms with Crippen molar-refractivity contribution in [2.75, 3.05) is 7.11 Å². The third-order valence-corrected chi connectivity index (χ3v) is 5.47. The number of nitrogens with one attached hydrogen (secondary N) is 1. The van der Waals surface area contributed by atoms with E-state index in [-0.39, 0.29) is 24.0 Å². The number of aliphatic hydroxyl groups is 1. The number of ether oxygens (including phenoxy) is 1. The number of benzene rings is 1. The molecule has 2 aromatic heterocycles. The molecule has 1 aliphatic rings. The van der Waals surface area contributed by atoms with Gasteiger partial charge in [0.2, 0.25) is 0 Å². The third kappa shape index (κ3) is 3.19. The van der Waals surface area contributed by atoms with Gasteiger partial charge >= 0.3 is 0 Å². The van der Waals surface area contributed by atoms with Crippen LogP contribution >= 0.6 is 0 Å². The van der Waals surface area contributed by atoms with Crippen LogP contribution in [0.4, 0.5) is 0 Å². The van der Waals surface area contributed by atoms with Crippen LogP contribution in [-0.2, 0) is 14.1 Å². The predicted molar refractivity (Wildman–Crippen MR) is 102 cm³/mol. The van der Waals surface area contributed by atoms with Crippen molar-refractivity contribution in [1.29, 1.82) is 0 Å². The Morgan fingerprint density at radius 3 is 2.74 bits per heavy atom. The first-order chi connectivity index (χ1) is 13.0. The summed E-state index contributed by atoms with van der Waals surface area (Å²) in [4.78, 5) is 13.1. The highest BCUT2D eigenvalue weighted by Gasteiger charge is 2.36. The highest BCUT2D eigenvalue weighted by Crippen LogP contribution is 2.38. The van der Waals surface area contributed by atoms with Crippen molar-refractivity contribution in [3.05, 3.63) is 47.9 Å². The maximum atomic E-state index is 13.1. The van der Waals surface area contributed by atoms with Crippen LogP contribution in [0.25, 0.3) is 10.9 Å². The number of aryl methyl sites for hydroxylation is 2. The monoisotopic (exact) mass is 368 g/mol. The Kier molecular flexibility index (Phi) is 4.39. The Bertz CT molecular complexity index is 984. The summed E-state index contributed by atoms with van der Waals surface area (Å²) in [6.45, 7) is 0. The molecular weight excluding hydrogens is 344 g/mol. The van der Waals surface area contributed by atoms with Gasteiger partial charge in [0.1, 0.15) is 11.4 Å². The van der Waals surface area contributed by atoms with E-state index in [4.69, 9.17) is 4.74 Å². The quantitative estimate of drug-likeness (QED) is 0.723.